The standard InChI is InChI=1S/C36H24N2O/c1-21-15-26(18-32-28(21)12-11-24-17-23-7-4-6-10-34(23)38-35(24)32)39-27-16-22(2)29-13-14-31-30-9-5-3-8-25(30)20-37-36(31)33(29)19-27/h3-20H,1-2H3. The second-order valence-corrected chi connectivity index (χ2v) is 10.4. The Bertz CT molecular complexity index is 2220. The topological polar surface area (TPSA) is 35.0 Å². The van der Waals surface area contributed by atoms with Gasteiger partial charge < -0.3 is 4.74 Å². The van der Waals surface area contributed by atoms with E-state index in [9.17, 15) is 0 Å². The summed E-state index contributed by atoms with van der Waals surface area (Å²) in [4.78, 5) is 9.92. The molecule has 0 saturated heterocycles. The Hall–Kier alpha value is -5.02. The van der Waals surface area contributed by atoms with Gasteiger partial charge in [-0.15, -0.1) is 0 Å². The van der Waals surface area contributed by atoms with Crippen LogP contribution < -0.4 is 4.74 Å². The summed E-state index contributed by atoms with van der Waals surface area (Å²) in [6.07, 6.45) is 1.97. The quantitative estimate of drug-likeness (QED) is 0.175. The van der Waals surface area contributed by atoms with E-state index in [1.54, 1.807) is 0 Å². The first-order valence-corrected chi connectivity index (χ1v) is 13.2. The lowest BCUT2D eigenvalue weighted by atomic mass is 9.99. The normalized spacial score (nSPS) is 11.8. The van der Waals surface area contributed by atoms with E-state index >= 15 is 0 Å². The molecule has 2 aromatic heterocycles. The van der Waals surface area contributed by atoms with Gasteiger partial charge in [-0.3, -0.25) is 4.98 Å². The molecule has 3 nitrogen and oxygen atoms in total. The molecule has 0 aliphatic rings. The molecule has 8 rings (SSSR count). The van der Waals surface area contributed by atoms with Gasteiger partial charge in [0.2, 0.25) is 0 Å². The van der Waals surface area contributed by atoms with Crippen LogP contribution in [0.2, 0.25) is 0 Å². The lowest BCUT2D eigenvalue weighted by Gasteiger charge is -2.14. The summed E-state index contributed by atoms with van der Waals surface area (Å²) in [7, 11) is 0. The molecule has 0 aliphatic carbocycles. The van der Waals surface area contributed by atoms with Gasteiger partial charge >= 0.3 is 0 Å². The highest BCUT2D eigenvalue weighted by Crippen LogP contribution is 2.37. The molecule has 0 unspecified atom stereocenters. The molecule has 0 spiro atoms. The summed E-state index contributed by atoms with van der Waals surface area (Å²) < 4.78 is 6.57. The number of benzene rings is 6. The SMILES string of the molecule is Cc1cc(Oc2cc(C)c3ccc4c5ccccc5cnc4c3c2)cc2c1ccc1cc3ccccc3nc12. The van der Waals surface area contributed by atoms with E-state index in [1.807, 2.05) is 12.3 Å². The molecule has 0 radical (unpaired) electrons. The molecule has 0 amide bonds. The van der Waals surface area contributed by atoms with E-state index in [2.05, 4.69) is 111 Å². The Labute approximate surface area is 225 Å². The molecule has 2 heterocycles. The maximum Gasteiger partial charge on any atom is 0.128 e. The highest BCUT2D eigenvalue weighted by molar-refractivity contribution is 6.16. The zero-order chi connectivity index (χ0) is 26.1. The molecular weight excluding hydrogens is 476 g/mol. The smallest absolute Gasteiger partial charge is 0.128 e. The molecular formula is C36H24N2O. The van der Waals surface area contributed by atoms with Crippen LogP contribution in [0.5, 0.6) is 11.5 Å². The summed E-state index contributed by atoms with van der Waals surface area (Å²) in [5.74, 6) is 1.61. The summed E-state index contributed by atoms with van der Waals surface area (Å²) in [6, 6.07) is 36.1. The first-order valence-electron chi connectivity index (χ1n) is 13.2. The number of ether oxygens (including phenoxy) is 1. The lowest BCUT2D eigenvalue weighted by Crippen LogP contribution is -1.92. The van der Waals surface area contributed by atoms with Crippen LogP contribution in [0.25, 0.3) is 65.0 Å². The zero-order valence-corrected chi connectivity index (χ0v) is 21.7. The Morgan fingerprint density at radius 3 is 1.92 bits per heavy atom. The molecule has 184 valence electrons. The third-order valence-electron chi connectivity index (χ3n) is 7.91. The van der Waals surface area contributed by atoms with Crippen LogP contribution in [0.15, 0.2) is 109 Å². The highest BCUT2D eigenvalue weighted by Gasteiger charge is 2.12. The van der Waals surface area contributed by atoms with Crippen molar-refractivity contribution in [3.8, 4) is 11.5 Å². The third-order valence-corrected chi connectivity index (χ3v) is 7.91. The van der Waals surface area contributed by atoms with E-state index in [0.29, 0.717) is 0 Å². The molecule has 0 saturated carbocycles. The van der Waals surface area contributed by atoms with E-state index in [-0.39, 0.29) is 0 Å². The van der Waals surface area contributed by atoms with Crippen molar-refractivity contribution in [1.82, 2.24) is 9.97 Å². The Kier molecular flexibility index (Phi) is 4.65. The van der Waals surface area contributed by atoms with Crippen LogP contribution in [-0.2, 0) is 0 Å². The first kappa shape index (κ1) is 22.0. The Balaban J connectivity index is 1.31. The minimum absolute atomic E-state index is 0.805. The Morgan fingerprint density at radius 1 is 0.487 bits per heavy atom. The number of rotatable bonds is 2. The monoisotopic (exact) mass is 500 g/mol. The average Bonchev–Trinajstić information content (AvgIpc) is 2.96. The fourth-order valence-corrected chi connectivity index (χ4v) is 6.00. The van der Waals surface area contributed by atoms with E-state index in [4.69, 9.17) is 14.7 Å². The molecule has 0 aliphatic heterocycles. The molecule has 8 aromatic rings. The van der Waals surface area contributed by atoms with Gasteiger partial charge in [0.15, 0.2) is 0 Å². The van der Waals surface area contributed by atoms with Gasteiger partial charge in [-0.25, -0.2) is 4.98 Å². The minimum atomic E-state index is 0.805. The van der Waals surface area contributed by atoms with E-state index in [1.165, 1.54) is 16.2 Å². The van der Waals surface area contributed by atoms with Gasteiger partial charge in [0.1, 0.15) is 11.5 Å². The fourth-order valence-electron chi connectivity index (χ4n) is 6.00. The number of aryl methyl sites for hydroxylation is 2. The van der Waals surface area contributed by atoms with Crippen molar-refractivity contribution in [1.29, 1.82) is 0 Å². The number of para-hydroxylation sites is 1. The van der Waals surface area contributed by atoms with Crippen molar-refractivity contribution in [3.63, 3.8) is 0 Å². The summed E-state index contributed by atoms with van der Waals surface area (Å²) >= 11 is 0. The van der Waals surface area contributed by atoms with Crippen LogP contribution in [0, 0.1) is 13.8 Å². The molecule has 39 heavy (non-hydrogen) atoms. The number of hydrogen-bond acceptors (Lipinski definition) is 3. The van der Waals surface area contributed by atoms with Crippen molar-refractivity contribution >= 4 is 65.0 Å². The molecule has 0 N–H and O–H groups in total. The van der Waals surface area contributed by atoms with Crippen molar-refractivity contribution in [2.75, 3.05) is 0 Å². The van der Waals surface area contributed by atoms with Crippen molar-refractivity contribution in [2.24, 2.45) is 0 Å². The summed E-state index contributed by atoms with van der Waals surface area (Å²) in [6.45, 7) is 4.27. The largest absolute Gasteiger partial charge is 0.457 e. The molecule has 0 bridgehead atoms. The lowest BCUT2D eigenvalue weighted by molar-refractivity contribution is 0.483. The second-order valence-electron chi connectivity index (χ2n) is 10.4. The maximum atomic E-state index is 6.57. The van der Waals surface area contributed by atoms with Gasteiger partial charge in [-0.05, 0) is 77.5 Å². The average molecular weight is 501 g/mol. The number of pyridine rings is 2. The number of aromatic nitrogens is 2. The molecule has 3 heteroatoms. The molecule has 0 atom stereocenters. The van der Waals surface area contributed by atoms with Gasteiger partial charge in [0.25, 0.3) is 0 Å². The van der Waals surface area contributed by atoms with Crippen molar-refractivity contribution in [2.45, 2.75) is 13.8 Å². The van der Waals surface area contributed by atoms with Crippen molar-refractivity contribution in [3.05, 3.63) is 120 Å². The van der Waals surface area contributed by atoms with E-state index < -0.39 is 0 Å². The van der Waals surface area contributed by atoms with Crippen LogP contribution in [0.1, 0.15) is 11.1 Å². The van der Waals surface area contributed by atoms with Crippen LogP contribution >= 0.6 is 0 Å². The first-order chi connectivity index (χ1) is 19.1. The summed E-state index contributed by atoms with van der Waals surface area (Å²) in [5, 5.41) is 10.4. The van der Waals surface area contributed by atoms with Crippen LogP contribution in [-0.4, -0.2) is 9.97 Å². The van der Waals surface area contributed by atoms with Gasteiger partial charge in [0.05, 0.1) is 16.6 Å². The van der Waals surface area contributed by atoms with Crippen LogP contribution in [0.4, 0.5) is 0 Å². The van der Waals surface area contributed by atoms with Gasteiger partial charge in [0, 0.05) is 38.5 Å². The van der Waals surface area contributed by atoms with E-state index in [0.717, 1.165) is 71.5 Å². The van der Waals surface area contributed by atoms with Gasteiger partial charge in [-0.1, -0.05) is 66.7 Å². The number of hydrogen-bond donors (Lipinski definition) is 0. The molecule has 0 fully saturated rings. The number of fused-ring (bicyclic) bond motifs is 9. The summed E-state index contributed by atoms with van der Waals surface area (Å²) in [5.41, 5.74) is 5.32. The van der Waals surface area contributed by atoms with Crippen molar-refractivity contribution < 1.29 is 4.74 Å². The number of nitrogens with zero attached hydrogens (tertiary/aromatic N) is 2. The highest BCUT2D eigenvalue weighted by atomic mass is 16.5. The predicted molar refractivity (Wildman–Crippen MR) is 163 cm³/mol. The second kappa shape index (κ2) is 8.24. The molecule has 6 aromatic carbocycles. The Morgan fingerprint density at radius 2 is 1.13 bits per heavy atom. The zero-order valence-electron chi connectivity index (χ0n) is 21.7. The minimum Gasteiger partial charge on any atom is -0.457 e. The van der Waals surface area contributed by atoms with Crippen LogP contribution in [0.3, 0.4) is 0 Å². The fraction of sp³-hybridized carbons (Fsp3) is 0.0556. The third kappa shape index (κ3) is 3.44. The maximum absolute atomic E-state index is 6.57. The van der Waals surface area contributed by atoms with Gasteiger partial charge in [-0.2, -0.15) is 0 Å². The predicted octanol–water partition coefficient (Wildman–Crippen LogP) is 9.80.